The first-order chi connectivity index (χ1) is 9.83. The first-order valence-corrected chi connectivity index (χ1v) is 6.89. The van der Waals surface area contributed by atoms with Crippen LogP contribution in [-0.2, 0) is 6.42 Å². The average Bonchev–Trinajstić information content (AvgIpc) is 2.87. The first-order valence-electron chi connectivity index (χ1n) is 6.89. The highest BCUT2D eigenvalue weighted by Gasteiger charge is 2.00. The Morgan fingerprint density at radius 1 is 1.45 bits per heavy atom. The highest BCUT2D eigenvalue weighted by Crippen LogP contribution is 2.04. The van der Waals surface area contributed by atoms with Gasteiger partial charge in [-0.25, -0.2) is 4.98 Å². The molecule has 0 spiro atoms. The lowest BCUT2D eigenvalue weighted by molar-refractivity contribution is 0.846. The molecule has 0 aliphatic rings. The van der Waals surface area contributed by atoms with Crippen molar-refractivity contribution >= 4 is 11.6 Å². The summed E-state index contributed by atoms with van der Waals surface area (Å²) in [6.45, 7) is 7.99. The van der Waals surface area contributed by atoms with Gasteiger partial charge >= 0.3 is 0 Å². The van der Waals surface area contributed by atoms with Gasteiger partial charge in [0.2, 0.25) is 0 Å². The van der Waals surface area contributed by atoms with Crippen LogP contribution in [0.3, 0.4) is 0 Å². The molecule has 0 amide bonds. The summed E-state index contributed by atoms with van der Waals surface area (Å²) in [5.74, 6) is 0.816. The van der Waals surface area contributed by atoms with Crippen molar-refractivity contribution in [3.63, 3.8) is 0 Å². The second kappa shape index (κ2) is 7.33. The fraction of sp³-hybridized carbons (Fsp3) is 0.333. The Balaban J connectivity index is 1.94. The van der Waals surface area contributed by atoms with Crippen molar-refractivity contribution in [2.24, 2.45) is 4.99 Å². The maximum Gasteiger partial charge on any atom is 0.191 e. The molecule has 5 nitrogen and oxygen atoms in total. The number of aliphatic imine (C=N–C) groups is 1. The smallest absolute Gasteiger partial charge is 0.191 e. The molecular weight excluding hydrogens is 250 g/mol. The van der Waals surface area contributed by atoms with Crippen LogP contribution in [0.2, 0.25) is 0 Å². The molecule has 0 saturated heterocycles. The Bertz CT molecular complexity index is 552. The molecule has 0 fully saturated rings. The number of hydrogen-bond acceptors (Lipinski definition) is 2. The largest absolute Gasteiger partial charge is 0.357 e. The van der Waals surface area contributed by atoms with E-state index < -0.39 is 0 Å². The van der Waals surface area contributed by atoms with Gasteiger partial charge in [-0.2, -0.15) is 0 Å². The third kappa shape index (κ3) is 3.85. The van der Waals surface area contributed by atoms with Crippen LogP contribution in [0.15, 0.2) is 48.2 Å². The number of guanidine groups is 1. The van der Waals surface area contributed by atoms with Crippen molar-refractivity contribution in [1.82, 2.24) is 20.0 Å². The van der Waals surface area contributed by atoms with Crippen LogP contribution in [0.25, 0.3) is 5.65 Å². The van der Waals surface area contributed by atoms with Crippen LogP contribution in [0.1, 0.15) is 12.6 Å². The molecule has 2 rings (SSSR count). The minimum atomic E-state index is 0.705. The van der Waals surface area contributed by atoms with E-state index in [9.17, 15) is 0 Å². The van der Waals surface area contributed by atoms with Crippen LogP contribution >= 0.6 is 0 Å². The van der Waals surface area contributed by atoms with E-state index >= 15 is 0 Å². The number of imidazole rings is 1. The number of hydrogen-bond donors (Lipinski definition) is 2. The molecule has 0 aromatic carbocycles. The van der Waals surface area contributed by atoms with Crippen molar-refractivity contribution in [1.29, 1.82) is 0 Å². The molecule has 0 radical (unpaired) electrons. The summed E-state index contributed by atoms with van der Waals surface area (Å²) in [7, 11) is 0. The second-order valence-corrected chi connectivity index (χ2v) is 4.38. The number of nitrogens with zero attached hydrogens (tertiary/aromatic N) is 3. The van der Waals surface area contributed by atoms with Crippen molar-refractivity contribution in [2.45, 2.75) is 13.3 Å². The summed E-state index contributed by atoms with van der Waals surface area (Å²) < 4.78 is 2.03. The summed E-state index contributed by atoms with van der Waals surface area (Å²) in [6, 6.07) is 5.99. The molecule has 2 aromatic heterocycles. The monoisotopic (exact) mass is 271 g/mol. The van der Waals surface area contributed by atoms with Gasteiger partial charge in [0, 0.05) is 38.4 Å². The summed E-state index contributed by atoms with van der Waals surface area (Å²) in [5, 5.41) is 6.37. The van der Waals surface area contributed by atoms with E-state index in [0.29, 0.717) is 13.1 Å². The molecule has 2 N–H and O–H groups in total. The molecule has 5 heteroatoms. The Morgan fingerprint density at radius 2 is 2.35 bits per heavy atom. The van der Waals surface area contributed by atoms with Gasteiger partial charge in [-0.1, -0.05) is 12.1 Å². The van der Waals surface area contributed by atoms with Crippen LogP contribution in [-0.4, -0.2) is 35.0 Å². The molecule has 0 atom stereocenters. The Kier molecular flexibility index (Phi) is 5.17. The minimum absolute atomic E-state index is 0.705. The summed E-state index contributed by atoms with van der Waals surface area (Å²) in [5.41, 5.74) is 2.03. The SMILES string of the molecule is C=CCNC(=NCCc1cn2ccccc2n1)NCC. The van der Waals surface area contributed by atoms with Crippen molar-refractivity contribution in [3.8, 4) is 0 Å². The van der Waals surface area contributed by atoms with Crippen molar-refractivity contribution < 1.29 is 0 Å². The van der Waals surface area contributed by atoms with Gasteiger partial charge in [-0.3, -0.25) is 4.99 Å². The van der Waals surface area contributed by atoms with E-state index in [1.807, 2.05) is 41.8 Å². The van der Waals surface area contributed by atoms with E-state index in [1.165, 1.54) is 0 Å². The maximum absolute atomic E-state index is 4.55. The Hall–Kier alpha value is -2.30. The topological polar surface area (TPSA) is 53.7 Å². The molecule has 0 bridgehead atoms. The van der Waals surface area contributed by atoms with Crippen LogP contribution in [0, 0.1) is 0 Å². The summed E-state index contributed by atoms with van der Waals surface area (Å²) in [4.78, 5) is 9.07. The number of pyridine rings is 1. The molecule has 0 saturated carbocycles. The van der Waals surface area contributed by atoms with Gasteiger partial charge < -0.3 is 15.0 Å². The first kappa shape index (κ1) is 14.1. The molecule has 0 unspecified atom stereocenters. The predicted octanol–water partition coefficient (Wildman–Crippen LogP) is 1.62. The zero-order chi connectivity index (χ0) is 14.2. The number of nitrogens with one attached hydrogen (secondary N) is 2. The molecule has 106 valence electrons. The zero-order valence-corrected chi connectivity index (χ0v) is 11.8. The molecular formula is C15H21N5. The van der Waals surface area contributed by atoms with E-state index in [4.69, 9.17) is 0 Å². The highest BCUT2D eigenvalue weighted by atomic mass is 15.2. The van der Waals surface area contributed by atoms with E-state index in [1.54, 1.807) is 0 Å². The Morgan fingerprint density at radius 3 is 3.10 bits per heavy atom. The zero-order valence-electron chi connectivity index (χ0n) is 11.8. The number of aromatic nitrogens is 2. The van der Waals surface area contributed by atoms with Gasteiger partial charge in [-0.15, -0.1) is 6.58 Å². The van der Waals surface area contributed by atoms with Gasteiger partial charge in [0.05, 0.1) is 5.69 Å². The fourth-order valence-corrected chi connectivity index (χ4v) is 1.90. The van der Waals surface area contributed by atoms with Crippen LogP contribution in [0.4, 0.5) is 0 Å². The third-order valence-electron chi connectivity index (χ3n) is 2.81. The molecule has 0 aliphatic carbocycles. The number of rotatable bonds is 6. The quantitative estimate of drug-likeness (QED) is 0.477. The highest BCUT2D eigenvalue weighted by molar-refractivity contribution is 5.79. The number of fused-ring (bicyclic) bond motifs is 1. The fourth-order valence-electron chi connectivity index (χ4n) is 1.90. The van der Waals surface area contributed by atoms with E-state index in [-0.39, 0.29) is 0 Å². The predicted molar refractivity (Wildman–Crippen MR) is 83.1 cm³/mol. The van der Waals surface area contributed by atoms with Gasteiger partial charge in [-0.05, 0) is 19.1 Å². The normalized spacial score (nSPS) is 11.6. The van der Waals surface area contributed by atoms with Crippen LogP contribution < -0.4 is 10.6 Å². The van der Waals surface area contributed by atoms with Crippen LogP contribution in [0.5, 0.6) is 0 Å². The second-order valence-electron chi connectivity index (χ2n) is 4.38. The molecule has 20 heavy (non-hydrogen) atoms. The molecule has 2 heterocycles. The Labute approximate surface area is 119 Å². The lowest BCUT2D eigenvalue weighted by atomic mass is 10.3. The van der Waals surface area contributed by atoms with Crippen molar-refractivity contribution in [3.05, 3.63) is 48.9 Å². The molecule has 2 aromatic rings. The van der Waals surface area contributed by atoms with Crippen molar-refractivity contribution in [2.75, 3.05) is 19.6 Å². The van der Waals surface area contributed by atoms with E-state index in [0.717, 1.165) is 30.3 Å². The summed E-state index contributed by atoms with van der Waals surface area (Å²) >= 11 is 0. The maximum atomic E-state index is 4.55. The van der Waals surface area contributed by atoms with E-state index in [2.05, 4.69) is 33.4 Å². The standard InChI is InChI=1S/C15H21N5/c1-3-9-17-15(16-4-2)18-10-8-13-12-20-11-6-5-7-14(20)19-13/h3,5-7,11-12H,1,4,8-10H2,2H3,(H2,16,17,18). The lowest BCUT2D eigenvalue weighted by Gasteiger charge is -2.08. The average molecular weight is 271 g/mol. The lowest BCUT2D eigenvalue weighted by Crippen LogP contribution is -2.37. The molecule has 0 aliphatic heterocycles. The summed E-state index contributed by atoms with van der Waals surface area (Å²) in [6.07, 6.45) is 6.70. The van der Waals surface area contributed by atoms with Gasteiger partial charge in [0.25, 0.3) is 0 Å². The van der Waals surface area contributed by atoms with Gasteiger partial charge in [0.15, 0.2) is 5.96 Å². The van der Waals surface area contributed by atoms with Gasteiger partial charge in [0.1, 0.15) is 5.65 Å². The minimum Gasteiger partial charge on any atom is -0.357 e. The third-order valence-corrected chi connectivity index (χ3v) is 2.81.